The van der Waals surface area contributed by atoms with Crippen molar-refractivity contribution in [1.29, 1.82) is 0 Å². The maximum Gasteiger partial charge on any atom is 0.494 e. The molecule has 16 heteroatoms. The van der Waals surface area contributed by atoms with E-state index in [1.807, 2.05) is 159 Å². The van der Waals surface area contributed by atoms with Crippen LogP contribution in [0.4, 0.5) is 0 Å². The molecule has 3 atom stereocenters. The van der Waals surface area contributed by atoms with E-state index in [0.29, 0.717) is 35.8 Å². The molecule has 0 bridgehead atoms. The summed E-state index contributed by atoms with van der Waals surface area (Å²) in [5.41, 5.74) is -0.360. The zero-order valence-corrected chi connectivity index (χ0v) is 42.1. The molecule has 12 nitrogen and oxygen atoms in total. The van der Waals surface area contributed by atoms with Gasteiger partial charge in [0.1, 0.15) is 23.0 Å². The molecule has 4 aliphatic rings. The van der Waals surface area contributed by atoms with E-state index >= 15 is 0 Å². The minimum atomic E-state index is -0.621. The van der Waals surface area contributed by atoms with Gasteiger partial charge >= 0.3 is 28.5 Å². The van der Waals surface area contributed by atoms with Crippen molar-refractivity contribution in [2.45, 2.75) is 168 Å². The van der Waals surface area contributed by atoms with Gasteiger partial charge in [0.05, 0.1) is 44.8 Å². The SMILES string of the molecule is CC(Oc1ccc(B2OC(C)(C)C(C)(C)O2)cc1)Oc1ccc(B2OC(C)(C)C(C)(CCC3(C)OB(c4ccc(OCOc5ccc(B6OC(C)(C)C(C)(C)O6)cc5)cc4)OC3(C)C)O2)cc1. The predicted octanol–water partition coefficient (Wildman–Crippen LogP) is 7.54. The normalized spacial score (nSPS) is 25.9. The third-order valence-electron chi connectivity index (χ3n) is 15.3. The maximum absolute atomic E-state index is 6.78. The van der Waals surface area contributed by atoms with Crippen LogP contribution in [0, 0.1) is 0 Å². The van der Waals surface area contributed by atoms with E-state index < -0.39 is 79.6 Å². The minimum absolute atomic E-state index is 0.0512. The Morgan fingerprint density at radius 2 is 0.582 bits per heavy atom. The van der Waals surface area contributed by atoms with Gasteiger partial charge in [0.2, 0.25) is 13.1 Å². The van der Waals surface area contributed by atoms with Crippen LogP contribution in [0.5, 0.6) is 23.0 Å². The van der Waals surface area contributed by atoms with Gasteiger partial charge in [0.25, 0.3) is 0 Å². The van der Waals surface area contributed by atoms with Crippen LogP contribution < -0.4 is 40.8 Å². The molecule has 356 valence electrons. The van der Waals surface area contributed by atoms with Crippen molar-refractivity contribution in [2.75, 3.05) is 6.79 Å². The van der Waals surface area contributed by atoms with E-state index in [1.165, 1.54) is 0 Å². The molecular weight excluding hydrogens is 848 g/mol. The molecule has 3 unspecified atom stereocenters. The maximum atomic E-state index is 6.78. The Bertz CT molecular complexity index is 2310. The second kappa shape index (κ2) is 17.8. The highest BCUT2D eigenvalue weighted by Crippen LogP contribution is 2.47. The van der Waals surface area contributed by atoms with E-state index in [0.717, 1.165) is 21.9 Å². The Morgan fingerprint density at radius 1 is 0.343 bits per heavy atom. The van der Waals surface area contributed by atoms with Crippen molar-refractivity contribution >= 4 is 50.3 Å². The molecule has 0 N–H and O–H groups in total. The largest absolute Gasteiger partial charge is 0.494 e. The Morgan fingerprint density at radius 3 is 0.866 bits per heavy atom. The number of hydrogen-bond donors (Lipinski definition) is 0. The van der Waals surface area contributed by atoms with Crippen LogP contribution in [0.15, 0.2) is 97.1 Å². The summed E-state index contributed by atoms with van der Waals surface area (Å²) in [4.78, 5) is 0. The Balaban J connectivity index is 0.801. The van der Waals surface area contributed by atoms with Crippen molar-refractivity contribution < 1.29 is 56.2 Å². The van der Waals surface area contributed by atoms with E-state index in [-0.39, 0.29) is 6.79 Å². The molecule has 0 aromatic heterocycles. The Hall–Kier alpha value is -3.98. The highest BCUT2D eigenvalue weighted by atomic mass is 16.7. The van der Waals surface area contributed by atoms with Gasteiger partial charge < -0.3 is 56.2 Å². The van der Waals surface area contributed by atoms with Crippen molar-refractivity contribution in [2.24, 2.45) is 0 Å². The van der Waals surface area contributed by atoms with Crippen LogP contribution in [0.2, 0.25) is 0 Å². The van der Waals surface area contributed by atoms with Crippen LogP contribution in [0.25, 0.3) is 0 Å². The van der Waals surface area contributed by atoms with Crippen molar-refractivity contribution in [3.63, 3.8) is 0 Å². The number of rotatable bonds is 15. The van der Waals surface area contributed by atoms with Crippen LogP contribution in [0.1, 0.15) is 117 Å². The first-order chi connectivity index (χ1) is 31.2. The molecule has 4 aromatic rings. The topological polar surface area (TPSA) is 111 Å². The lowest BCUT2D eigenvalue weighted by Gasteiger charge is -2.42. The standard InChI is InChI=1S/C51H68B4O12/c1-35(58-42-28-20-37(21-29-42)53-62-46(6,7)47(8,9)63-53)59-43-30-22-39(23-31-43)55-65-49(12,13)51(15,67-55)33-32-50(14)48(10,11)64-54(66-50)38-18-26-41(27-19-38)57-34-56-40-24-16-36(17-25-40)52-60-44(2,3)45(4,5)61-52/h16-31,35H,32-34H2,1-15H3. The highest BCUT2D eigenvalue weighted by Gasteiger charge is 2.59. The van der Waals surface area contributed by atoms with Crippen LogP contribution >= 0.6 is 0 Å². The molecule has 4 fully saturated rings. The van der Waals surface area contributed by atoms with E-state index in [1.54, 1.807) is 0 Å². The summed E-state index contributed by atoms with van der Waals surface area (Å²) >= 11 is 0. The van der Waals surface area contributed by atoms with Crippen molar-refractivity contribution in [3.05, 3.63) is 97.1 Å². The summed E-state index contributed by atoms with van der Waals surface area (Å²) in [5, 5.41) is 0. The lowest BCUT2D eigenvalue weighted by atomic mass is 9.76. The van der Waals surface area contributed by atoms with Crippen molar-refractivity contribution in [1.82, 2.24) is 0 Å². The van der Waals surface area contributed by atoms with Gasteiger partial charge in [-0.05, 0) is 180 Å². The molecular formula is C51H68B4O12. The molecule has 4 saturated heterocycles. The second-order valence-corrected chi connectivity index (χ2v) is 21.8. The lowest BCUT2D eigenvalue weighted by molar-refractivity contribution is -0.0576. The summed E-state index contributed by atoms with van der Waals surface area (Å²) in [6, 6.07) is 30.9. The summed E-state index contributed by atoms with van der Waals surface area (Å²) in [6.45, 7) is 30.9. The molecule has 67 heavy (non-hydrogen) atoms. The Labute approximate surface area is 399 Å². The number of benzene rings is 4. The summed E-state index contributed by atoms with van der Waals surface area (Å²) in [7, 11) is -1.96. The monoisotopic (exact) mass is 917 g/mol. The third-order valence-corrected chi connectivity index (χ3v) is 15.3. The van der Waals surface area contributed by atoms with Gasteiger partial charge in [-0.3, -0.25) is 0 Å². The van der Waals surface area contributed by atoms with E-state index in [9.17, 15) is 0 Å². The highest BCUT2D eigenvalue weighted by molar-refractivity contribution is 6.63. The Kier molecular flexibility index (Phi) is 13.1. The molecule has 0 spiro atoms. The zero-order chi connectivity index (χ0) is 48.4. The van der Waals surface area contributed by atoms with Crippen molar-refractivity contribution in [3.8, 4) is 23.0 Å². The first-order valence-corrected chi connectivity index (χ1v) is 23.6. The van der Waals surface area contributed by atoms with Gasteiger partial charge in [0, 0.05) is 6.92 Å². The smallest absolute Gasteiger partial charge is 0.458 e. The number of hydrogen-bond acceptors (Lipinski definition) is 12. The van der Waals surface area contributed by atoms with Gasteiger partial charge in [-0.2, -0.15) is 0 Å². The fraction of sp³-hybridized carbons (Fsp3) is 0.529. The van der Waals surface area contributed by atoms with Gasteiger partial charge in [-0.25, -0.2) is 0 Å². The lowest BCUT2D eigenvalue weighted by Crippen LogP contribution is -2.50. The van der Waals surface area contributed by atoms with Gasteiger partial charge in [0.15, 0.2) is 0 Å². The molecule has 8 rings (SSSR count). The summed E-state index contributed by atoms with van der Waals surface area (Å²) in [6.07, 6.45) is 0.814. The van der Waals surface area contributed by atoms with Crippen LogP contribution in [-0.4, -0.2) is 86.4 Å². The fourth-order valence-electron chi connectivity index (χ4n) is 8.44. The minimum Gasteiger partial charge on any atom is -0.458 e. The van der Waals surface area contributed by atoms with Crippen LogP contribution in [0.3, 0.4) is 0 Å². The molecule has 4 aromatic carbocycles. The first-order valence-electron chi connectivity index (χ1n) is 23.6. The van der Waals surface area contributed by atoms with E-state index in [4.69, 9.17) is 56.2 Å². The third kappa shape index (κ3) is 10.1. The summed E-state index contributed by atoms with van der Waals surface area (Å²) < 4.78 is 75.5. The molecule has 0 saturated carbocycles. The van der Waals surface area contributed by atoms with Gasteiger partial charge in [-0.1, -0.05) is 48.5 Å². The summed E-state index contributed by atoms with van der Waals surface area (Å²) in [5.74, 6) is 2.71. The molecule has 0 radical (unpaired) electrons. The first kappa shape index (κ1) is 49.4. The molecule has 4 aliphatic heterocycles. The van der Waals surface area contributed by atoms with E-state index in [2.05, 4.69) is 41.5 Å². The number of ether oxygens (including phenoxy) is 4. The second-order valence-electron chi connectivity index (χ2n) is 21.8. The quantitative estimate of drug-likeness (QED) is 0.0869. The molecule has 0 amide bonds. The predicted molar refractivity (Wildman–Crippen MR) is 263 cm³/mol. The zero-order valence-electron chi connectivity index (χ0n) is 42.1. The molecule has 0 aliphatic carbocycles. The fourth-order valence-corrected chi connectivity index (χ4v) is 8.44. The average molecular weight is 916 g/mol. The molecule has 4 heterocycles. The van der Waals surface area contributed by atoms with Crippen LogP contribution in [-0.2, 0) is 37.2 Å². The average Bonchev–Trinajstić information content (AvgIpc) is 3.83. The van der Waals surface area contributed by atoms with Gasteiger partial charge in [-0.15, -0.1) is 0 Å².